The van der Waals surface area contributed by atoms with E-state index in [0.717, 1.165) is 17.7 Å². The number of nitrogens with zero attached hydrogens (tertiary/aromatic N) is 1. The van der Waals surface area contributed by atoms with Gasteiger partial charge in [0.25, 0.3) is 5.91 Å². The third kappa shape index (κ3) is 3.57. The second kappa shape index (κ2) is 7.33. The van der Waals surface area contributed by atoms with Crippen molar-refractivity contribution in [2.75, 3.05) is 13.6 Å². The third-order valence-electron chi connectivity index (χ3n) is 4.90. The van der Waals surface area contributed by atoms with Crippen LogP contribution in [-0.4, -0.2) is 48.3 Å². The highest BCUT2D eigenvalue weighted by Gasteiger charge is 2.39. The van der Waals surface area contributed by atoms with E-state index in [1.807, 2.05) is 25.2 Å². The molecule has 3 amide bonds. The third-order valence-corrected chi connectivity index (χ3v) is 4.90. The Labute approximate surface area is 147 Å². The molecule has 2 aliphatic rings. The second-order valence-corrected chi connectivity index (χ2v) is 6.67. The molecule has 1 aromatic rings. The van der Waals surface area contributed by atoms with Crippen LogP contribution in [-0.2, 0) is 22.7 Å². The van der Waals surface area contributed by atoms with Crippen molar-refractivity contribution in [3.8, 4) is 0 Å². The quantitative estimate of drug-likeness (QED) is 0.639. The van der Waals surface area contributed by atoms with Gasteiger partial charge in [0.15, 0.2) is 0 Å². The molecular formula is C18H24N4O3. The van der Waals surface area contributed by atoms with Gasteiger partial charge in [-0.3, -0.25) is 19.7 Å². The standard InChI is InChI=1S/C18H24N4O3/c1-11(19-2)8-20-9-12-4-3-5-13-10-22(18(25)16(12)13)14-6-7-15(23)21-17(14)24/h3-5,11,14,19-20H,6-10H2,1-2H3,(H,21,23,24)/t11-,14?/m1/s1. The van der Waals surface area contributed by atoms with E-state index < -0.39 is 6.04 Å². The zero-order valence-electron chi connectivity index (χ0n) is 14.6. The fourth-order valence-electron chi connectivity index (χ4n) is 3.36. The molecule has 7 heteroatoms. The summed E-state index contributed by atoms with van der Waals surface area (Å²) in [5.74, 6) is -0.766. The molecule has 0 saturated carbocycles. The Kier molecular flexibility index (Phi) is 5.15. The molecule has 0 aliphatic carbocycles. The minimum Gasteiger partial charge on any atom is -0.322 e. The number of fused-ring (bicyclic) bond motifs is 1. The molecule has 0 spiro atoms. The molecular weight excluding hydrogens is 320 g/mol. The molecule has 1 saturated heterocycles. The first-order valence-corrected chi connectivity index (χ1v) is 8.64. The maximum Gasteiger partial charge on any atom is 0.255 e. The lowest BCUT2D eigenvalue weighted by atomic mass is 10.0. The number of hydrogen-bond acceptors (Lipinski definition) is 5. The van der Waals surface area contributed by atoms with E-state index in [4.69, 9.17) is 0 Å². The van der Waals surface area contributed by atoms with Gasteiger partial charge < -0.3 is 15.5 Å². The Morgan fingerprint density at radius 1 is 1.32 bits per heavy atom. The van der Waals surface area contributed by atoms with Crippen LogP contribution >= 0.6 is 0 Å². The van der Waals surface area contributed by atoms with Crippen LogP contribution in [0.15, 0.2) is 18.2 Å². The highest BCUT2D eigenvalue weighted by molar-refractivity contribution is 6.05. The van der Waals surface area contributed by atoms with Crippen LogP contribution in [0.2, 0.25) is 0 Å². The Morgan fingerprint density at radius 2 is 2.12 bits per heavy atom. The molecule has 3 rings (SSSR count). The molecule has 2 atom stereocenters. The van der Waals surface area contributed by atoms with Gasteiger partial charge in [-0.05, 0) is 31.5 Å². The van der Waals surface area contributed by atoms with Gasteiger partial charge in [0.2, 0.25) is 11.8 Å². The minimum absolute atomic E-state index is 0.122. The summed E-state index contributed by atoms with van der Waals surface area (Å²) >= 11 is 0. The monoisotopic (exact) mass is 344 g/mol. The number of carbonyl (C=O) groups excluding carboxylic acids is 3. The summed E-state index contributed by atoms with van der Waals surface area (Å²) in [6.45, 7) is 3.90. The summed E-state index contributed by atoms with van der Waals surface area (Å²) < 4.78 is 0. The second-order valence-electron chi connectivity index (χ2n) is 6.67. The fourth-order valence-corrected chi connectivity index (χ4v) is 3.36. The number of nitrogens with one attached hydrogen (secondary N) is 3. The van der Waals surface area contributed by atoms with E-state index in [9.17, 15) is 14.4 Å². The summed E-state index contributed by atoms with van der Waals surface area (Å²) in [5.41, 5.74) is 2.58. The van der Waals surface area contributed by atoms with Gasteiger partial charge in [0, 0.05) is 37.7 Å². The van der Waals surface area contributed by atoms with Crippen LogP contribution in [0.3, 0.4) is 0 Å². The first-order valence-electron chi connectivity index (χ1n) is 8.64. The lowest BCUT2D eigenvalue weighted by Crippen LogP contribution is -2.52. The van der Waals surface area contributed by atoms with Crippen molar-refractivity contribution in [2.45, 2.75) is 44.9 Å². The Bertz CT molecular complexity index is 704. The van der Waals surface area contributed by atoms with Crippen molar-refractivity contribution < 1.29 is 14.4 Å². The number of likely N-dealkylation sites (N-methyl/N-ethyl adjacent to an activating group) is 1. The van der Waals surface area contributed by atoms with E-state index >= 15 is 0 Å². The summed E-state index contributed by atoms with van der Waals surface area (Å²) in [7, 11) is 1.91. The van der Waals surface area contributed by atoms with E-state index in [0.29, 0.717) is 31.1 Å². The predicted molar refractivity (Wildman–Crippen MR) is 92.7 cm³/mol. The van der Waals surface area contributed by atoms with Crippen LogP contribution in [0, 0.1) is 0 Å². The molecule has 134 valence electrons. The van der Waals surface area contributed by atoms with E-state index in [2.05, 4.69) is 22.9 Å². The van der Waals surface area contributed by atoms with Gasteiger partial charge in [0.05, 0.1) is 0 Å². The van der Waals surface area contributed by atoms with Crippen molar-refractivity contribution in [3.05, 3.63) is 34.9 Å². The maximum atomic E-state index is 12.9. The minimum atomic E-state index is -0.567. The van der Waals surface area contributed by atoms with Crippen molar-refractivity contribution in [1.82, 2.24) is 20.9 Å². The number of carbonyl (C=O) groups is 3. The molecule has 0 aromatic heterocycles. The summed E-state index contributed by atoms with van der Waals surface area (Å²) in [4.78, 5) is 38.0. The SMILES string of the molecule is CN[C@H](C)CNCc1cccc2c1C(=O)N(C1CCC(=O)NC1=O)C2. The Hall–Kier alpha value is -2.25. The summed E-state index contributed by atoms with van der Waals surface area (Å²) in [6, 6.07) is 5.59. The molecule has 2 heterocycles. The first kappa shape index (κ1) is 17.6. The van der Waals surface area contributed by atoms with Gasteiger partial charge in [-0.15, -0.1) is 0 Å². The molecule has 0 bridgehead atoms. The summed E-state index contributed by atoms with van der Waals surface area (Å²) in [6.07, 6.45) is 0.657. The zero-order valence-corrected chi connectivity index (χ0v) is 14.6. The average molecular weight is 344 g/mol. The number of benzene rings is 1. The van der Waals surface area contributed by atoms with Crippen LogP contribution in [0.1, 0.15) is 41.3 Å². The van der Waals surface area contributed by atoms with Gasteiger partial charge in [-0.2, -0.15) is 0 Å². The molecule has 1 fully saturated rings. The van der Waals surface area contributed by atoms with Crippen molar-refractivity contribution in [3.63, 3.8) is 0 Å². The molecule has 25 heavy (non-hydrogen) atoms. The van der Waals surface area contributed by atoms with Crippen LogP contribution in [0.25, 0.3) is 0 Å². The van der Waals surface area contributed by atoms with Crippen LogP contribution < -0.4 is 16.0 Å². The number of amides is 3. The largest absolute Gasteiger partial charge is 0.322 e. The topological polar surface area (TPSA) is 90.5 Å². The van der Waals surface area contributed by atoms with Crippen molar-refractivity contribution >= 4 is 17.7 Å². The van der Waals surface area contributed by atoms with Crippen LogP contribution in [0.4, 0.5) is 0 Å². The summed E-state index contributed by atoms with van der Waals surface area (Å²) in [5, 5.41) is 8.85. The first-order chi connectivity index (χ1) is 12.0. The number of rotatable bonds is 6. The highest BCUT2D eigenvalue weighted by atomic mass is 16.2. The Balaban J connectivity index is 1.74. The molecule has 2 aliphatic heterocycles. The lowest BCUT2D eigenvalue weighted by Gasteiger charge is -2.29. The van der Waals surface area contributed by atoms with Gasteiger partial charge >= 0.3 is 0 Å². The number of imide groups is 1. The van der Waals surface area contributed by atoms with Crippen molar-refractivity contribution in [1.29, 1.82) is 0 Å². The number of piperidine rings is 1. The van der Waals surface area contributed by atoms with Gasteiger partial charge in [-0.1, -0.05) is 18.2 Å². The zero-order chi connectivity index (χ0) is 18.0. The molecule has 0 radical (unpaired) electrons. The molecule has 3 N–H and O–H groups in total. The highest BCUT2D eigenvalue weighted by Crippen LogP contribution is 2.29. The van der Waals surface area contributed by atoms with Crippen LogP contribution in [0.5, 0.6) is 0 Å². The normalized spacial score (nSPS) is 21.3. The maximum absolute atomic E-state index is 12.9. The van der Waals surface area contributed by atoms with Crippen molar-refractivity contribution in [2.24, 2.45) is 0 Å². The van der Waals surface area contributed by atoms with E-state index in [1.54, 1.807) is 4.90 Å². The average Bonchev–Trinajstić information content (AvgIpc) is 2.92. The van der Waals surface area contributed by atoms with Gasteiger partial charge in [0.1, 0.15) is 6.04 Å². The molecule has 1 aromatic carbocycles. The lowest BCUT2D eigenvalue weighted by molar-refractivity contribution is -0.136. The smallest absolute Gasteiger partial charge is 0.255 e. The van der Waals surface area contributed by atoms with E-state index in [1.165, 1.54) is 0 Å². The Morgan fingerprint density at radius 3 is 2.84 bits per heavy atom. The predicted octanol–water partition coefficient (Wildman–Crippen LogP) is 0.145. The molecule has 1 unspecified atom stereocenters. The molecule has 7 nitrogen and oxygen atoms in total. The fraction of sp³-hybridized carbons (Fsp3) is 0.500. The van der Waals surface area contributed by atoms with E-state index in [-0.39, 0.29) is 24.1 Å². The number of hydrogen-bond donors (Lipinski definition) is 3. The van der Waals surface area contributed by atoms with Gasteiger partial charge in [-0.25, -0.2) is 0 Å².